The van der Waals surface area contributed by atoms with E-state index in [2.05, 4.69) is 20.9 Å². The molecule has 0 N–H and O–H groups in total. The van der Waals surface area contributed by atoms with Crippen molar-refractivity contribution in [3.63, 3.8) is 0 Å². The van der Waals surface area contributed by atoms with Crippen LogP contribution in [-0.2, 0) is 4.74 Å². The summed E-state index contributed by atoms with van der Waals surface area (Å²) in [7, 11) is 0. The quantitative estimate of drug-likeness (QED) is 0.765. The second-order valence-electron chi connectivity index (χ2n) is 2.93. The molecule has 0 unspecified atom stereocenters. The van der Waals surface area contributed by atoms with Crippen molar-refractivity contribution >= 4 is 21.9 Å². The van der Waals surface area contributed by atoms with Gasteiger partial charge in [0.25, 0.3) is 0 Å². The van der Waals surface area contributed by atoms with Crippen molar-refractivity contribution in [3.05, 3.63) is 27.5 Å². The number of pyridine rings is 1. The van der Waals surface area contributed by atoms with Crippen molar-refractivity contribution in [1.29, 1.82) is 0 Å². The molecule has 4 heteroatoms. The molecule has 0 radical (unpaired) electrons. The zero-order valence-electron chi connectivity index (χ0n) is 8.43. The average Bonchev–Trinajstić information content (AvgIpc) is 2.01. The van der Waals surface area contributed by atoms with Gasteiger partial charge in [-0.1, -0.05) is 0 Å². The van der Waals surface area contributed by atoms with Crippen molar-refractivity contribution in [2.24, 2.45) is 0 Å². The summed E-state index contributed by atoms with van der Waals surface area (Å²) in [5, 5.41) is 0. The minimum Gasteiger partial charge on any atom is -0.462 e. The molecule has 14 heavy (non-hydrogen) atoms. The Hall–Kier alpha value is -0.900. The van der Waals surface area contributed by atoms with Crippen LogP contribution in [0, 0.1) is 13.8 Å². The summed E-state index contributed by atoms with van der Waals surface area (Å²) in [5.41, 5.74) is 2.08. The number of hydrogen-bond acceptors (Lipinski definition) is 3. The zero-order chi connectivity index (χ0) is 10.7. The van der Waals surface area contributed by atoms with Crippen molar-refractivity contribution in [2.45, 2.75) is 20.8 Å². The number of carbonyl (C=O) groups is 1. The maximum Gasteiger partial charge on any atom is 0.341 e. The molecular weight excluding hydrogens is 246 g/mol. The lowest BCUT2D eigenvalue weighted by Gasteiger charge is -2.07. The van der Waals surface area contributed by atoms with Crippen LogP contribution in [0.25, 0.3) is 0 Å². The molecule has 0 atom stereocenters. The van der Waals surface area contributed by atoms with Crippen molar-refractivity contribution < 1.29 is 9.53 Å². The van der Waals surface area contributed by atoms with Gasteiger partial charge in [0.15, 0.2) is 0 Å². The molecule has 0 amide bonds. The molecule has 1 heterocycles. The second-order valence-corrected chi connectivity index (χ2v) is 3.78. The Balaban J connectivity index is 3.14. The van der Waals surface area contributed by atoms with E-state index in [9.17, 15) is 4.79 Å². The van der Waals surface area contributed by atoms with E-state index in [-0.39, 0.29) is 5.97 Å². The van der Waals surface area contributed by atoms with Crippen LogP contribution in [-0.4, -0.2) is 17.6 Å². The molecule has 0 fully saturated rings. The number of ether oxygens (including phenoxy) is 1. The Labute approximate surface area is 91.6 Å². The Bertz CT molecular complexity index is 340. The van der Waals surface area contributed by atoms with Crippen LogP contribution >= 0.6 is 15.9 Å². The third kappa shape index (κ3) is 2.32. The molecular formula is C10H12BrNO2. The molecule has 0 saturated carbocycles. The summed E-state index contributed by atoms with van der Waals surface area (Å²) in [6.07, 6.45) is 0. The van der Waals surface area contributed by atoms with E-state index in [0.717, 1.165) is 10.2 Å². The molecule has 3 nitrogen and oxygen atoms in total. The molecule has 0 saturated heterocycles. The van der Waals surface area contributed by atoms with E-state index in [1.165, 1.54) is 0 Å². The van der Waals surface area contributed by atoms with Gasteiger partial charge in [0.05, 0.1) is 17.9 Å². The van der Waals surface area contributed by atoms with E-state index in [0.29, 0.717) is 17.9 Å². The molecule has 1 aromatic heterocycles. The highest BCUT2D eigenvalue weighted by molar-refractivity contribution is 9.10. The van der Waals surface area contributed by atoms with Crippen LogP contribution in [0.2, 0.25) is 0 Å². The molecule has 0 bridgehead atoms. The topological polar surface area (TPSA) is 39.2 Å². The van der Waals surface area contributed by atoms with Gasteiger partial charge in [0.2, 0.25) is 0 Å². The molecule has 0 aliphatic heterocycles. The van der Waals surface area contributed by atoms with Gasteiger partial charge < -0.3 is 4.74 Å². The van der Waals surface area contributed by atoms with Crippen LogP contribution in [0.5, 0.6) is 0 Å². The highest BCUT2D eigenvalue weighted by Gasteiger charge is 2.15. The number of carbonyl (C=O) groups excluding carboxylic acids is 1. The molecule has 1 aromatic rings. The average molecular weight is 258 g/mol. The minimum absolute atomic E-state index is 0.329. The third-order valence-corrected chi connectivity index (χ3v) is 2.39. The van der Waals surface area contributed by atoms with Gasteiger partial charge in [-0.25, -0.2) is 4.79 Å². The number of aryl methyl sites for hydroxylation is 2. The van der Waals surface area contributed by atoms with Crippen LogP contribution in [0.4, 0.5) is 0 Å². The van der Waals surface area contributed by atoms with Gasteiger partial charge in [-0.05, 0) is 42.8 Å². The number of nitrogens with zero attached hydrogens (tertiary/aromatic N) is 1. The molecule has 0 spiro atoms. The van der Waals surface area contributed by atoms with Crippen LogP contribution in [0.1, 0.15) is 28.7 Å². The summed E-state index contributed by atoms with van der Waals surface area (Å²) < 4.78 is 5.66. The lowest BCUT2D eigenvalue weighted by molar-refractivity contribution is 0.0524. The van der Waals surface area contributed by atoms with E-state index in [1.807, 2.05) is 6.92 Å². The fourth-order valence-corrected chi connectivity index (χ4v) is 2.01. The summed E-state index contributed by atoms with van der Waals surface area (Å²) >= 11 is 3.33. The molecule has 0 aliphatic carbocycles. The summed E-state index contributed by atoms with van der Waals surface area (Å²) in [4.78, 5) is 15.7. The monoisotopic (exact) mass is 257 g/mol. The lowest BCUT2D eigenvalue weighted by Crippen LogP contribution is -2.09. The third-order valence-electron chi connectivity index (χ3n) is 1.76. The fourth-order valence-electron chi connectivity index (χ4n) is 1.23. The smallest absolute Gasteiger partial charge is 0.341 e. The Morgan fingerprint density at radius 3 is 2.71 bits per heavy atom. The molecule has 1 rings (SSSR count). The SMILES string of the molecule is CCOC(=O)c1c(Br)cc(C)nc1C. The molecule has 0 aromatic carbocycles. The van der Waals surface area contributed by atoms with Gasteiger partial charge in [-0.2, -0.15) is 0 Å². The van der Waals surface area contributed by atoms with E-state index >= 15 is 0 Å². The summed E-state index contributed by atoms with van der Waals surface area (Å²) in [6.45, 7) is 5.83. The minimum atomic E-state index is -0.329. The van der Waals surface area contributed by atoms with Crippen LogP contribution in [0.15, 0.2) is 10.5 Å². The van der Waals surface area contributed by atoms with E-state index in [4.69, 9.17) is 4.74 Å². The Morgan fingerprint density at radius 1 is 1.57 bits per heavy atom. The predicted molar refractivity (Wildman–Crippen MR) is 57.4 cm³/mol. The van der Waals surface area contributed by atoms with Crippen molar-refractivity contribution in [1.82, 2.24) is 4.98 Å². The molecule has 76 valence electrons. The Kier molecular flexibility index (Phi) is 3.63. The largest absolute Gasteiger partial charge is 0.462 e. The number of halogens is 1. The number of aromatic nitrogens is 1. The highest BCUT2D eigenvalue weighted by Crippen LogP contribution is 2.21. The fraction of sp³-hybridized carbons (Fsp3) is 0.400. The highest BCUT2D eigenvalue weighted by atomic mass is 79.9. The predicted octanol–water partition coefficient (Wildman–Crippen LogP) is 2.64. The van der Waals surface area contributed by atoms with Crippen LogP contribution in [0.3, 0.4) is 0 Å². The first-order valence-corrected chi connectivity index (χ1v) is 5.16. The maximum atomic E-state index is 11.5. The maximum absolute atomic E-state index is 11.5. The number of rotatable bonds is 2. The molecule has 0 aliphatic rings. The zero-order valence-corrected chi connectivity index (χ0v) is 10.0. The van der Waals surface area contributed by atoms with Gasteiger partial charge >= 0.3 is 5.97 Å². The van der Waals surface area contributed by atoms with E-state index in [1.54, 1.807) is 19.9 Å². The van der Waals surface area contributed by atoms with Gasteiger partial charge in [0, 0.05) is 10.2 Å². The standard InChI is InChI=1S/C10H12BrNO2/c1-4-14-10(13)9-7(3)12-6(2)5-8(9)11/h5H,4H2,1-3H3. The number of esters is 1. The summed E-state index contributed by atoms with van der Waals surface area (Å²) in [6, 6.07) is 1.80. The second kappa shape index (κ2) is 4.55. The normalized spacial score (nSPS) is 10.0. The first-order chi connectivity index (χ1) is 6.56. The van der Waals surface area contributed by atoms with Gasteiger partial charge in [-0.3, -0.25) is 4.98 Å². The van der Waals surface area contributed by atoms with Crippen molar-refractivity contribution in [2.75, 3.05) is 6.61 Å². The van der Waals surface area contributed by atoms with Crippen molar-refractivity contribution in [3.8, 4) is 0 Å². The van der Waals surface area contributed by atoms with Gasteiger partial charge in [-0.15, -0.1) is 0 Å². The summed E-state index contributed by atoms with van der Waals surface area (Å²) in [5.74, 6) is -0.329. The number of hydrogen-bond donors (Lipinski definition) is 0. The first kappa shape index (κ1) is 11.2. The Morgan fingerprint density at radius 2 is 2.21 bits per heavy atom. The van der Waals surface area contributed by atoms with E-state index < -0.39 is 0 Å². The first-order valence-electron chi connectivity index (χ1n) is 4.37. The lowest BCUT2D eigenvalue weighted by atomic mass is 10.2. The van der Waals surface area contributed by atoms with Gasteiger partial charge in [0.1, 0.15) is 0 Å². The van der Waals surface area contributed by atoms with Crippen LogP contribution < -0.4 is 0 Å².